The molecule has 108 valence electrons. The summed E-state index contributed by atoms with van der Waals surface area (Å²) >= 11 is 1.60. The molecular formula is C15H21N3OS. The van der Waals surface area contributed by atoms with Gasteiger partial charge in [0, 0.05) is 17.4 Å². The van der Waals surface area contributed by atoms with Crippen molar-refractivity contribution in [2.45, 2.75) is 51.2 Å². The number of hydrogen-bond donors (Lipinski definition) is 1. The first kappa shape index (κ1) is 15.1. The first-order valence-corrected chi connectivity index (χ1v) is 7.77. The number of nitrogens with zero attached hydrogens (tertiary/aromatic N) is 2. The Kier molecular flexibility index (Phi) is 5.20. The van der Waals surface area contributed by atoms with Crippen LogP contribution in [-0.2, 0) is 12.3 Å². The predicted molar refractivity (Wildman–Crippen MR) is 81.8 cm³/mol. The van der Waals surface area contributed by atoms with Crippen LogP contribution in [0.3, 0.4) is 0 Å². The molecule has 2 rings (SSSR count). The van der Waals surface area contributed by atoms with Gasteiger partial charge in [-0.2, -0.15) is 0 Å². The van der Waals surface area contributed by atoms with Gasteiger partial charge in [0.2, 0.25) is 0 Å². The van der Waals surface area contributed by atoms with Gasteiger partial charge >= 0.3 is 0 Å². The molecule has 5 heteroatoms. The quantitative estimate of drug-likeness (QED) is 0.652. The van der Waals surface area contributed by atoms with Gasteiger partial charge in [-0.05, 0) is 32.0 Å². The molecule has 0 aliphatic rings. The lowest BCUT2D eigenvalue weighted by atomic mass is 10.3. The highest BCUT2D eigenvalue weighted by Crippen LogP contribution is 2.21. The maximum atomic E-state index is 5.78. The SMILES string of the molecule is Cc1cc(C)nc(SCc2ccc(CNC(C)C)o2)n1. The third-order valence-corrected chi connectivity index (χ3v) is 3.58. The van der Waals surface area contributed by atoms with Gasteiger partial charge in [0.25, 0.3) is 0 Å². The molecule has 0 saturated carbocycles. The second-order valence-corrected chi connectivity index (χ2v) is 6.07. The zero-order valence-electron chi connectivity index (χ0n) is 12.4. The molecule has 0 saturated heterocycles. The van der Waals surface area contributed by atoms with Crippen LogP contribution in [0.4, 0.5) is 0 Å². The van der Waals surface area contributed by atoms with Crippen molar-refractivity contribution in [1.82, 2.24) is 15.3 Å². The number of thioether (sulfide) groups is 1. The van der Waals surface area contributed by atoms with Crippen LogP contribution in [0, 0.1) is 13.8 Å². The first-order chi connectivity index (χ1) is 9.52. The highest BCUT2D eigenvalue weighted by atomic mass is 32.2. The van der Waals surface area contributed by atoms with E-state index < -0.39 is 0 Å². The van der Waals surface area contributed by atoms with Crippen molar-refractivity contribution in [1.29, 1.82) is 0 Å². The van der Waals surface area contributed by atoms with Gasteiger partial charge < -0.3 is 9.73 Å². The molecule has 0 radical (unpaired) electrons. The Morgan fingerprint density at radius 2 is 1.80 bits per heavy atom. The average Bonchev–Trinajstić information content (AvgIpc) is 2.81. The van der Waals surface area contributed by atoms with Gasteiger partial charge in [0.15, 0.2) is 5.16 Å². The summed E-state index contributed by atoms with van der Waals surface area (Å²) < 4.78 is 5.78. The van der Waals surface area contributed by atoms with Crippen LogP contribution >= 0.6 is 11.8 Å². The molecule has 0 fully saturated rings. The second kappa shape index (κ2) is 6.90. The average molecular weight is 291 g/mol. The van der Waals surface area contributed by atoms with Crippen LogP contribution in [0.1, 0.15) is 36.8 Å². The smallest absolute Gasteiger partial charge is 0.188 e. The number of aryl methyl sites for hydroxylation is 2. The Morgan fingerprint density at radius 1 is 1.15 bits per heavy atom. The standard InChI is InChI=1S/C15H21N3OS/c1-10(2)16-8-13-5-6-14(19-13)9-20-15-17-11(3)7-12(4)18-15/h5-7,10,16H,8-9H2,1-4H3. The molecule has 0 aromatic carbocycles. The third-order valence-electron chi connectivity index (χ3n) is 2.71. The summed E-state index contributed by atoms with van der Waals surface area (Å²) in [5.41, 5.74) is 2.00. The lowest BCUT2D eigenvalue weighted by molar-refractivity contribution is 0.445. The maximum absolute atomic E-state index is 5.78. The Hall–Kier alpha value is -1.33. The zero-order chi connectivity index (χ0) is 14.5. The monoisotopic (exact) mass is 291 g/mol. The van der Waals surface area contributed by atoms with Crippen LogP contribution in [-0.4, -0.2) is 16.0 Å². The topological polar surface area (TPSA) is 51.0 Å². The van der Waals surface area contributed by atoms with E-state index in [0.717, 1.165) is 40.4 Å². The van der Waals surface area contributed by atoms with E-state index in [2.05, 4.69) is 29.1 Å². The molecule has 0 aliphatic carbocycles. The van der Waals surface area contributed by atoms with Crippen LogP contribution in [0.2, 0.25) is 0 Å². The summed E-state index contributed by atoms with van der Waals surface area (Å²) in [6.07, 6.45) is 0. The lowest BCUT2D eigenvalue weighted by Crippen LogP contribution is -2.21. The van der Waals surface area contributed by atoms with Gasteiger partial charge in [0.05, 0.1) is 12.3 Å². The molecule has 0 aliphatic heterocycles. The lowest BCUT2D eigenvalue weighted by Gasteiger charge is -2.05. The van der Waals surface area contributed by atoms with Crippen molar-refractivity contribution in [2.75, 3.05) is 0 Å². The molecule has 0 atom stereocenters. The first-order valence-electron chi connectivity index (χ1n) is 6.79. The number of hydrogen-bond acceptors (Lipinski definition) is 5. The van der Waals surface area contributed by atoms with E-state index in [-0.39, 0.29) is 0 Å². The van der Waals surface area contributed by atoms with E-state index in [1.165, 1.54) is 0 Å². The molecule has 0 amide bonds. The van der Waals surface area contributed by atoms with Crippen molar-refractivity contribution in [3.8, 4) is 0 Å². The molecule has 2 heterocycles. The van der Waals surface area contributed by atoms with E-state index in [1.54, 1.807) is 11.8 Å². The van der Waals surface area contributed by atoms with Gasteiger partial charge in [-0.3, -0.25) is 0 Å². The van der Waals surface area contributed by atoms with Crippen molar-refractivity contribution in [2.24, 2.45) is 0 Å². The second-order valence-electron chi connectivity index (χ2n) is 5.13. The zero-order valence-corrected chi connectivity index (χ0v) is 13.3. The van der Waals surface area contributed by atoms with Crippen molar-refractivity contribution in [3.63, 3.8) is 0 Å². The minimum atomic E-state index is 0.460. The molecule has 0 bridgehead atoms. The molecule has 20 heavy (non-hydrogen) atoms. The van der Waals surface area contributed by atoms with Crippen molar-refractivity contribution >= 4 is 11.8 Å². The summed E-state index contributed by atoms with van der Waals surface area (Å²) in [7, 11) is 0. The van der Waals surface area contributed by atoms with Crippen LogP contribution in [0.5, 0.6) is 0 Å². The molecule has 4 nitrogen and oxygen atoms in total. The summed E-state index contributed by atoms with van der Waals surface area (Å²) in [6.45, 7) is 8.99. The molecule has 2 aromatic heterocycles. The normalized spacial score (nSPS) is 11.2. The third kappa shape index (κ3) is 4.65. The van der Waals surface area contributed by atoms with Gasteiger partial charge in [-0.25, -0.2) is 9.97 Å². The van der Waals surface area contributed by atoms with E-state index in [0.29, 0.717) is 6.04 Å². The van der Waals surface area contributed by atoms with Crippen molar-refractivity contribution in [3.05, 3.63) is 41.1 Å². The number of nitrogens with one attached hydrogen (secondary N) is 1. The van der Waals surface area contributed by atoms with Crippen LogP contribution in [0.25, 0.3) is 0 Å². The fourth-order valence-corrected chi connectivity index (χ4v) is 2.64. The minimum absolute atomic E-state index is 0.460. The predicted octanol–water partition coefficient (Wildman–Crippen LogP) is 3.48. The Morgan fingerprint density at radius 3 is 2.45 bits per heavy atom. The number of aromatic nitrogens is 2. The van der Waals surface area contributed by atoms with E-state index >= 15 is 0 Å². The molecule has 0 spiro atoms. The maximum Gasteiger partial charge on any atom is 0.188 e. The Bertz CT molecular complexity index is 546. The Labute approximate surface area is 124 Å². The summed E-state index contributed by atoms with van der Waals surface area (Å²) in [4.78, 5) is 8.83. The van der Waals surface area contributed by atoms with Crippen LogP contribution < -0.4 is 5.32 Å². The Balaban J connectivity index is 1.90. The number of rotatable bonds is 6. The summed E-state index contributed by atoms with van der Waals surface area (Å²) in [5.74, 6) is 2.68. The van der Waals surface area contributed by atoms with E-state index in [4.69, 9.17) is 4.42 Å². The fourth-order valence-electron chi connectivity index (χ4n) is 1.79. The summed E-state index contributed by atoms with van der Waals surface area (Å²) in [6, 6.07) is 6.48. The molecule has 0 unspecified atom stereocenters. The molecular weight excluding hydrogens is 270 g/mol. The molecule has 2 aromatic rings. The number of furan rings is 1. The van der Waals surface area contributed by atoms with Gasteiger partial charge in [-0.1, -0.05) is 25.6 Å². The fraction of sp³-hybridized carbons (Fsp3) is 0.467. The van der Waals surface area contributed by atoms with Gasteiger partial charge in [-0.15, -0.1) is 0 Å². The minimum Gasteiger partial charge on any atom is -0.464 e. The van der Waals surface area contributed by atoms with Gasteiger partial charge in [0.1, 0.15) is 11.5 Å². The summed E-state index contributed by atoms with van der Waals surface area (Å²) in [5, 5.41) is 4.14. The highest BCUT2D eigenvalue weighted by molar-refractivity contribution is 7.98. The van der Waals surface area contributed by atoms with E-state index in [1.807, 2.05) is 32.0 Å². The van der Waals surface area contributed by atoms with Crippen molar-refractivity contribution < 1.29 is 4.42 Å². The largest absolute Gasteiger partial charge is 0.464 e. The molecule has 1 N–H and O–H groups in total. The van der Waals surface area contributed by atoms with E-state index in [9.17, 15) is 0 Å². The van der Waals surface area contributed by atoms with Crippen LogP contribution in [0.15, 0.2) is 27.8 Å². The highest BCUT2D eigenvalue weighted by Gasteiger charge is 2.06.